The van der Waals surface area contributed by atoms with E-state index >= 15 is 0 Å². The fraction of sp³-hybridized carbons (Fsp3) is 0.333. The molecule has 0 fully saturated rings. The summed E-state index contributed by atoms with van der Waals surface area (Å²) in [5.41, 5.74) is 0. The van der Waals surface area contributed by atoms with E-state index in [-0.39, 0.29) is 21.3 Å². The van der Waals surface area contributed by atoms with Gasteiger partial charge in [0.25, 0.3) is 0 Å². The first kappa shape index (κ1) is 15.7. The SMILES string of the molecule is [CH2-]C[CH2-].[Cl][Ru][Cl].[NH2-]. The van der Waals surface area contributed by atoms with Gasteiger partial charge in [0.1, 0.15) is 0 Å². The average Bonchev–Trinajstić information content (AvgIpc) is 1.39. The van der Waals surface area contributed by atoms with E-state index in [2.05, 4.69) is 13.8 Å². The topological polar surface area (TPSA) is 33.5 Å². The Morgan fingerprint density at radius 1 is 1.29 bits per heavy atom. The standard InChI is InChI=1S/C3H6.2ClH.H2N.Ru/c1-3-2;;;;/h1-3H2;2*1H;1H2;/q-2;;;-1;+2/p-2. The van der Waals surface area contributed by atoms with Gasteiger partial charge in [-0.25, -0.2) is 0 Å². The maximum Gasteiger partial charge on any atom is -0.693 e. The molecule has 0 amide bonds. The summed E-state index contributed by atoms with van der Waals surface area (Å²) in [6.45, 7) is 6.75. The Hall–Kier alpha value is 1.16. The van der Waals surface area contributed by atoms with Crippen LogP contribution in [0.2, 0.25) is 0 Å². The molecule has 0 saturated heterocycles. The van der Waals surface area contributed by atoms with Crippen LogP contribution in [0.1, 0.15) is 6.42 Å². The van der Waals surface area contributed by atoms with E-state index in [1.807, 2.05) is 0 Å². The predicted octanol–water partition coefficient (Wildman–Crippen LogP) is 3.14. The van der Waals surface area contributed by atoms with Crippen molar-refractivity contribution >= 4 is 19.4 Å². The second-order valence-corrected chi connectivity index (χ2v) is 3.04. The summed E-state index contributed by atoms with van der Waals surface area (Å²) in [6, 6.07) is 0. The summed E-state index contributed by atoms with van der Waals surface area (Å²) >= 11 is -0.346. The van der Waals surface area contributed by atoms with Crippen LogP contribution in [0, 0.1) is 13.8 Å². The summed E-state index contributed by atoms with van der Waals surface area (Å²) in [5.74, 6) is 0. The molecule has 50 valence electrons. The van der Waals surface area contributed by atoms with Gasteiger partial charge >= 0.3 is 34.5 Å². The molecule has 0 saturated carbocycles. The van der Waals surface area contributed by atoms with Crippen LogP contribution in [0.3, 0.4) is 0 Å². The smallest absolute Gasteiger partial charge is 0.693 e. The number of rotatable bonds is 0. The second-order valence-electron chi connectivity index (χ2n) is 0.404. The Bertz CT molecular complexity index is 14.9. The molecule has 0 heterocycles. The Morgan fingerprint density at radius 2 is 1.29 bits per heavy atom. The van der Waals surface area contributed by atoms with Crippen LogP contribution in [-0.4, -0.2) is 0 Å². The third-order valence-corrected chi connectivity index (χ3v) is 0. The van der Waals surface area contributed by atoms with E-state index in [0.29, 0.717) is 0 Å². The zero-order valence-electron chi connectivity index (χ0n) is 3.81. The maximum atomic E-state index is 4.85. The quantitative estimate of drug-likeness (QED) is 0.452. The molecule has 1 nitrogen and oxygen atoms in total. The van der Waals surface area contributed by atoms with E-state index < -0.39 is 0 Å². The maximum absolute atomic E-state index is 4.85. The van der Waals surface area contributed by atoms with Gasteiger partial charge < -0.3 is 26.4 Å². The van der Waals surface area contributed by atoms with Crippen molar-refractivity contribution in [3.05, 3.63) is 20.0 Å². The van der Waals surface area contributed by atoms with Crippen molar-refractivity contribution in [3.8, 4) is 0 Å². The van der Waals surface area contributed by atoms with Crippen molar-refractivity contribution in [3.63, 3.8) is 0 Å². The molecule has 0 unspecified atom stereocenters. The van der Waals surface area contributed by atoms with E-state index in [1.54, 1.807) is 0 Å². The van der Waals surface area contributed by atoms with E-state index in [1.165, 1.54) is 0 Å². The van der Waals surface area contributed by atoms with Gasteiger partial charge in [-0.05, 0) is 0 Å². The monoisotopic (exact) mass is 230 g/mol. The zero-order valence-corrected chi connectivity index (χ0v) is 7.06. The molecule has 4 heteroatoms. The molecule has 0 aromatic rings. The molecule has 0 rings (SSSR count). The minimum atomic E-state index is -0.346. The van der Waals surface area contributed by atoms with Gasteiger partial charge in [0.2, 0.25) is 0 Å². The molecule has 0 aliphatic carbocycles. The summed E-state index contributed by atoms with van der Waals surface area (Å²) in [5, 5.41) is 0. The van der Waals surface area contributed by atoms with Gasteiger partial charge in [-0.2, -0.15) is 0 Å². The molecular weight excluding hydrogens is 222 g/mol. The van der Waals surface area contributed by atoms with Crippen LogP contribution >= 0.6 is 19.4 Å². The van der Waals surface area contributed by atoms with Crippen LogP contribution in [0.5, 0.6) is 0 Å². The Morgan fingerprint density at radius 3 is 1.29 bits per heavy atom. The Balaban J connectivity index is -0.0000000400. The van der Waals surface area contributed by atoms with Crippen molar-refractivity contribution < 1.29 is 15.1 Å². The molecule has 0 atom stereocenters. The van der Waals surface area contributed by atoms with E-state index in [9.17, 15) is 0 Å². The Kier molecular flexibility index (Phi) is 61.0. The second kappa shape index (κ2) is 27.2. The van der Waals surface area contributed by atoms with Gasteiger partial charge in [-0.15, -0.1) is 0 Å². The number of halogens is 2. The van der Waals surface area contributed by atoms with Crippen LogP contribution in [-0.2, 0) is 15.1 Å². The molecule has 0 aliphatic heterocycles. The minimum Gasteiger partial charge on any atom is -0.693 e. The summed E-state index contributed by atoms with van der Waals surface area (Å²) in [4.78, 5) is 0. The molecule has 0 aliphatic rings. The predicted molar refractivity (Wildman–Crippen MR) is 32.3 cm³/mol. The van der Waals surface area contributed by atoms with Crippen molar-refractivity contribution in [1.29, 1.82) is 0 Å². The third kappa shape index (κ3) is 141. The molecule has 0 spiro atoms. The number of hydrogen-bond acceptors (Lipinski definition) is 0. The van der Waals surface area contributed by atoms with Crippen molar-refractivity contribution in [2.45, 2.75) is 6.42 Å². The van der Waals surface area contributed by atoms with E-state index in [4.69, 9.17) is 19.4 Å². The van der Waals surface area contributed by atoms with Crippen LogP contribution in [0.25, 0.3) is 6.15 Å². The Labute approximate surface area is 61.0 Å². The largest absolute Gasteiger partial charge is 0.693 e. The fourth-order valence-corrected chi connectivity index (χ4v) is 0. The third-order valence-electron chi connectivity index (χ3n) is 0. The van der Waals surface area contributed by atoms with Crippen LogP contribution < -0.4 is 0 Å². The first-order valence-corrected chi connectivity index (χ1v) is 5.74. The van der Waals surface area contributed by atoms with Crippen molar-refractivity contribution in [2.75, 3.05) is 0 Å². The average molecular weight is 230 g/mol. The first-order valence-electron chi connectivity index (χ1n) is 1.27. The first-order chi connectivity index (χ1) is 2.83. The van der Waals surface area contributed by atoms with Gasteiger partial charge in [0, 0.05) is 0 Å². The van der Waals surface area contributed by atoms with Crippen molar-refractivity contribution in [1.82, 2.24) is 0 Å². The summed E-state index contributed by atoms with van der Waals surface area (Å²) in [6.07, 6.45) is 0.750. The molecule has 0 radical (unpaired) electrons. The number of nitrogens with two attached hydrogens (primary N) is 1. The van der Waals surface area contributed by atoms with Crippen LogP contribution in [0.15, 0.2) is 0 Å². The molecule has 0 aromatic heterocycles. The fourth-order valence-electron chi connectivity index (χ4n) is 0. The minimum absolute atomic E-state index is 0. The molecular formula is C3H8Cl2NRu-3. The normalized spacial score (nSPS) is 5.71. The summed E-state index contributed by atoms with van der Waals surface area (Å²) < 4.78 is 0. The molecule has 0 bridgehead atoms. The van der Waals surface area contributed by atoms with Crippen molar-refractivity contribution in [2.24, 2.45) is 0 Å². The molecule has 0 aromatic carbocycles. The molecule has 2 N–H and O–H groups in total. The van der Waals surface area contributed by atoms with Crippen LogP contribution in [0.4, 0.5) is 0 Å². The number of hydrogen-bond donors (Lipinski definition) is 0. The zero-order chi connectivity index (χ0) is 5.41. The van der Waals surface area contributed by atoms with Gasteiger partial charge in [0.15, 0.2) is 0 Å². The van der Waals surface area contributed by atoms with Gasteiger partial charge in [-0.1, -0.05) is 0 Å². The summed E-state index contributed by atoms with van der Waals surface area (Å²) in [7, 11) is 9.71. The van der Waals surface area contributed by atoms with E-state index in [0.717, 1.165) is 6.42 Å². The van der Waals surface area contributed by atoms with Gasteiger partial charge in [-0.3, -0.25) is 0 Å². The molecule has 7 heavy (non-hydrogen) atoms. The van der Waals surface area contributed by atoms with Gasteiger partial charge in [0.05, 0.1) is 0 Å².